The SMILES string of the molecule is CCNCc1nnc(NCc2ccc(C(F)(F)F)cc2)o1. The number of benzene rings is 1. The van der Waals surface area contributed by atoms with Crippen LogP contribution < -0.4 is 10.6 Å². The van der Waals surface area contributed by atoms with Gasteiger partial charge in [-0.1, -0.05) is 24.2 Å². The molecule has 0 saturated heterocycles. The van der Waals surface area contributed by atoms with Crippen LogP contribution in [0.2, 0.25) is 0 Å². The van der Waals surface area contributed by atoms with Crippen LogP contribution in [0.4, 0.5) is 19.2 Å². The van der Waals surface area contributed by atoms with Gasteiger partial charge in [-0.05, 0) is 24.2 Å². The average molecular weight is 300 g/mol. The second-order valence-corrected chi connectivity index (χ2v) is 4.33. The van der Waals surface area contributed by atoms with Gasteiger partial charge in [0, 0.05) is 6.54 Å². The highest BCUT2D eigenvalue weighted by molar-refractivity contribution is 5.28. The number of hydrogen-bond acceptors (Lipinski definition) is 5. The first-order chi connectivity index (χ1) is 9.99. The van der Waals surface area contributed by atoms with Crippen LogP contribution in [0.25, 0.3) is 0 Å². The molecule has 1 aromatic heterocycles. The number of alkyl halides is 3. The van der Waals surface area contributed by atoms with Crippen molar-refractivity contribution in [1.82, 2.24) is 15.5 Å². The lowest BCUT2D eigenvalue weighted by Crippen LogP contribution is -2.11. The molecule has 0 unspecified atom stereocenters. The molecule has 0 spiro atoms. The molecule has 0 fully saturated rings. The summed E-state index contributed by atoms with van der Waals surface area (Å²) in [7, 11) is 0. The third-order valence-electron chi connectivity index (χ3n) is 2.72. The van der Waals surface area contributed by atoms with Gasteiger partial charge in [0.15, 0.2) is 0 Å². The Balaban J connectivity index is 1.89. The Morgan fingerprint density at radius 2 is 1.81 bits per heavy atom. The first-order valence-corrected chi connectivity index (χ1v) is 6.42. The molecule has 2 rings (SSSR count). The second kappa shape index (κ2) is 6.57. The van der Waals surface area contributed by atoms with E-state index in [4.69, 9.17) is 4.42 Å². The average Bonchev–Trinajstić information content (AvgIpc) is 2.90. The molecular formula is C13H15F3N4O. The summed E-state index contributed by atoms with van der Waals surface area (Å²) in [5, 5.41) is 13.5. The molecular weight excluding hydrogens is 285 g/mol. The van der Waals surface area contributed by atoms with Gasteiger partial charge in [0.05, 0.1) is 12.1 Å². The largest absolute Gasteiger partial charge is 0.416 e. The number of anilines is 1. The van der Waals surface area contributed by atoms with Crippen molar-refractivity contribution in [3.63, 3.8) is 0 Å². The smallest absolute Gasteiger partial charge is 0.407 e. The first kappa shape index (κ1) is 15.3. The van der Waals surface area contributed by atoms with Crippen molar-refractivity contribution in [1.29, 1.82) is 0 Å². The predicted octanol–water partition coefficient (Wildman–Crippen LogP) is 2.81. The molecule has 2 N–H and O–H groups in total. The van der Waals surface area contributed by atoms with E-state index in [9.17, 15) is 13.2 Å². The minimum Gasteiger partial charge on any atom is -0.407 e. The van der Waals surface area contributed by atoms with Crippen molar-refractivity contribution in [3.8, 4) is 0 Å². The number of nitrogens with one attached hydrogen (secondary N) is 2. The van der Waals surface area contributed by atoms with Crippen molar-refractivity contribution >= 4 is 6.01 Å². The maximum Gasteiger partial charge on any atom is 0.416 e. The van der Waals surface area contributed by atoms with Gasteiger partial charge >= 0.3 is 12.2 Å². The lowest BCUT2D eigenvalue weighted by molar-refractivity contribution is -0.137. The molecule has 1 heterocycles. The number of rotatable bonds is 6. The zero-order valence-electron chi connectivity index (χ0n) is 11.4. The lowest BCUT2D eigenvalue weighted by Gasteiger charge is -2.07. The Morgan fingerprint density at radius 3 is 2.43 bits per heavy atom. The third-order valence-corrected chi connectivity index (χ3v) is 2.72. The van der Waals surface area contributed by atoms with Crippen LogP contribution in [0.5, 0.6) is 0 Å². The van der Waals surface area contributed by atoms with Gasteiger partial charge in [0.1, 0.15) is 0 Å². The maximum absolute atomic E-state index is 12.4. The van der Waals surface area contributed by atoms with Crippen LogP contribution in [0.15, 0.2) is 28.7 Å². The molecule has 1 aromatic carbocycles. The normalized spacial score (nSPS) is 11.6. The highest BCUT2D eigenvalue weighted by atomic mass is 19.4. The van der Waals surface area contributed by atoms with Gasteiger partial charge in [0.2, 0.25) is 5.89 Å². The van der Waals surface area contributed by atoms with Gasteiger partial charge < -0.3 is 15.1 Å². The van der Waals surface area contributed by atoms with Gasteiger partial charge in [-0.2, -0.15) is 13.2 Å². The van der Waals surface area contributed by atoms with Crippen molar-refractivity contribution in [2.75, 3.05) is 11.9 Å². The van der Waals surface area contributed by atoms with E-state index in [2.05, 4.69) is 20.8 Å². The van der Waals surface area contributed by atoms with E-state index in [1.807, 2.05) is 6.92 Å². The van der Waals surface area contributed by atoms with Crippen LogP contribution in [0.1, 0.15) is 23.9 Å². The van der Waals surface area contributed by atoms with E-state index < -0.39 is 11.7 Å². The summed E-state index contributed by atoms with van der Waals surface area (Å²) in [6.45, 7) is 3.53. The topological polar surface area (TPSA) is 63.0 Å². The number of hydrogen-bond donors (Lipinski definition) is 2. The Labute approximate surface area is 119 Å². The number of nitrogens with zero attached hydrogens (tertiary/aromatic N) is 2. The van der Waals surface area contributed by atoms with E-state index in [1.165, 1.54) is 12.1 Å². The lowest BCUT2D eigenvalue weighted by atomic mass is 10.1. The summed E-state index contributed by atoms with van der Waals surface area (Å²) >= 11 is 0. The standard InChI is InChI=1S/C13H15F3N4O/c1-2-17-8-11-19-20-12(21-11)18-7-9-3-5-10(6-4-9)13(14,15)16/h3-6,17H,2,7-8H2,1H3,(H,18,20). The van der Waals surface area contributed by atoms with Crippen LogP contribution in [0.3, 0.4) is 0 Å². The van der Waals surface area contributed by atoms with Crippen molar-refractivity contribution in [2.24, 2.45) is 0 Å². The Kier molecular flexibility index (Phi) is 4.79. The molecule has 0 aliphatic heterocycles. The van der Waals surface area contributed by atoms with Crippen LogP contribution >= 0.6 is 0 Å². The summed E-state index contributed by atoms with van der Waals surface area (Å²) in [6.07, 6.45) is -4.32. The molecule has 0 amide bonds. The fourth-order valence-corrected chi connectivity index (χ4v) is 1.62. The molecule has 114 valence electrons. The monoisotopic (exact) mass is 300 g/mol. The Morgan fingerprint density at radius 1 is 1.10 bits per heavy atom. The van der Waals surface area contributed by atoms with Gasteiger partial charge in [0.25, 0.3) is 0 Å². The highest BCUT2D eigenvalue weighted by Gasteiger charge is 2.29. The van der Waals surface area contributed by atoms with Gasteiger partial charge in [-0.3, -0.25) is 0 Å². The van der Waals surface area contributed by atoms with E-state index in [0.717, 1.165) is 18.7 Å². The molecule has 0 aliphatic rings. The summed E-state index contributed by atoms with van der Waals surface area (Å²) in [4.78, 5) is 0. The molecule has 21 heavy (non-hydrogen) atoms. The zero-order chi connectivity index (χ0) is 15.3. The molecule has 0 aliphatic carbocycles. The zero-order valence-corrected chi connectivity index (χ0v) is 11.4. The molecule has 0 bridgehead atoms. The summed E-state index contributed by atoms with van der Waals surface area (Å²) in [6, 6.07) is 5.14. The fourth-order valence-electron chi connectivity index (χ4n) is 1.62. The second-order valence-electron chi connectivity index (χ2n) is 4.33. The van der Waals surface area contributed by atoms with Crippen LogP contribution in [-0.4, -0.2) is 16.7 Å². The Bertz CT molecular complexity index is 566. The Hall–Kier alpha value is -2.09. The number of aromatic nitrogens is 2. The highest BCUT2D eigenvalue weighted by Crippen LogP contribution is 2.29. The number of halogens is 3. The van der Waals surface area contributed by atoms with Crippen LogP contribution in [-0.2, 0) is 19.3 Å². The summed E-state index contributed by atoms with van der Waals surface area (Å²) < 4.78 is 42.6. The van der Waals surface area contributed by atoms with Gasteiger partial charge in [-0.15, -0.1) is 5.10 Å². The van der Waals surface area contributed by atoms with E-state index in [1.54, 1.807) is 0 Å². The van der Waals surface area contributed by atoms with E-state index in [0.29, 0.717) is 24.5 Å². The molecule has 8 heteroatoms. The summed E-state index contributed by atoms with van der Waals surface area (Å²) in [5.41, 5.74) is 0.0198. The maximum atomic E-state index is 12.4. The molecule has 0 saturated carbocycles. The van der Waals surface area contributed by atoms with E-state index in [-0.39, 0.29) is 6.01 Å². The van der Waals surface area contributed by atoms with Crippen molar-refractivity contribution < 1.29 is 17.6 Å². The third kappa shape index (κ3) is 4.45. The summed E-state index contributed by atoms with van der Waals surface area (Å²) in [5.74, 6) is 0.451. The van der Waals surface area contributed by atoms with Gasteiger partial charge in [-0.25, -0.2) is 0 Å². The molecule has 0 radical (unpaired) electrons. The van der Waals surface area contributed by atoms with Crippen LogP contribution in [0, 0.1) is 0 Å². The minimum absolute atomic E-state index is 0.239. The predicted molar refractivity (Wildman–Crippen MR) is 70.4 cm³/mol. The molecule has 2 aromatic rings. The minimum atomic E-state index is -4.32. The fraction of sp³-hybridized carbons (Fsp3) is 0.385. The quantitative estimate of drug-likeness (QED) is 0.859. The van der Waals surface area contributed by atoms with E-state index >= 15 is 0 Å². The first-order valence-electron chi connectivity index (χ1n) is 6.42. The molecule has 5 nitrogen and oxygen atoms in total. The molecule has 0 atom stereocenters. The van der Waals surface area contributed by atoms with Crippen molar-refractivity contribution in [3.05, 3.63) is 41.3 Å². The van der Waals surface area contributed by atoms with Crippen molar-refractivity contribution in [2.45, 2.75) is 26.2 Å².